The lowest BCUT2D eigenvalue weighted by molar-refractivity contribution is 0.575. The van der Waals surface area contributed by atoms with Crippen molar-refractivity contribution >= 4 is 32.3 Å². The summed E-state index contributed by atoms with van der Waals surface area (Å²) in [7, 11) is 0. The second-order valence-corrected chi connectivity index (χ2v) is 6.30. The van der Waals surface area contributed by atoms with E-state index >= 15 is 0 Å². The molecule has 0 saturated carbocycles. The van der Waals surface area contributed by atoms with Crippen LogP contribution in [0.25, 0.3) is 32.3 Å². The van der Waals surface area contributed by atoms with Gasteiger partial charge in [0.25, 0.3) is 0 Å². The average Bonchev–Trinajstić information content (AvgIpc) is 2.52. The zero-order chi connectivity index (χ0) is 14.0. The van der Waals surface area contributed by atoms with Gasteiger partial charge in [0.15, 0.2) is 0 Å². The van der Waals surface area contributed by atoms with Gasteiger partial charge in [-0.25, -0.2) is 0 Å². The molecule has 1 nitrogen and oxygen atoms in total. The van der Waals surface area contributed by atoms with E-state index in [4.69, 9.17) is 5.73 Å². The maximum absolute atomic E-state index is 6.44. The molecule has 4 aromatic rings. The summed E-state index contributed by atoms with van der Waals surface area (Å²) in [4.78, 5) is 0. The highest BCUT2D eigenvalue weighted by atomic mass is 14.6. The molecule has 0 unspecified atom stereocenters. The van der Waals surface area contributed by atoms with Crippen molar-refractivity contribution in [3.05, 3.63) is 59.7 Å². The molecule has 102 valence electrons. The number of aryl methyl sites for hydroxylation is 1. The van der Waals surface area contributed by atoms with Gasteiger partial charge in [-0.1, -0.05) is 48.5 Å². The Labute approximate surface area is 123 Å². The number of hydrogen-bond acceptors (Lipinski definition) is 1. The molecule has 0 amide bonds. The van der Waals surface area contributed by atoms with Crippen molar-refractivity contribution in [2.24, 2.45) is 5.73 Å². The van der Waals surface area contributed by atoms with Gasteiger partial charge in [0, 0.05) is 6.04 Å². The number of rotatable bonds is 0. The van der Waals surface area contributed by atoms with Crippen molar-refractivity contribution in [2.75, 3.05) is 0 Å². The smallest absolute Gasteiger partial charge is 0.0303 e. The fraction of sp³-hybridized carbons (Fsp3) is 0.200. The van der Waals surface area contributed by atoms with Gasteiger partial charge in [0.2, 0.25) is 0 Å². The van der Waals surface area contributed by atoms with E-state index in [-0.39, 0.29) is 6.04 Å². The molecule has 1 heteroatoms. The normalized spacial score (nSPS) is 18.6. The van der Waals surface area contributed by atoms with E-state index in [1.165, 1.54) is 56.3 Å². The standard InChI is InChI=1S/C20H17N/c21-17-6-2-5-14-11-15-8-7-12-3-1-4-13-9-10-16(19(14)17)20(15)18(12)13/h1,3-4,7-11,17H,2,5-6,21H2/t17-/m0/s1. The summed E-state index contributed by atoms with van der Waals surface area (Å²) in [5.41, 5.74) is 9.30. The molecule has 0 saturated heterocycles. The van der Waals surface area contributed by atoms with Gasteiger partial charge < -0.3 is 5.73 Å². The Kier molecular flexibility index (Phi) is 2.17. The van der Waals surface area contributed by atoms with Crippen LogP contribution in [-0.2, 0) is 6.42 Å². The fourth-order valence-electron chi connectivity index (χ4n) is 4.19. The van der Waals surface area contributed by atoms with Crippen LogP contribution in [0, 0.1) is 0 Å². The molecule has 0 radical (unpaired) electrons. The lowest BCUT2D eigenvalue weighted by Gasteiger charge is -2.25. The van der Waals surface area contributed by atoms with Gasteiger partial charge in [0.05, 0.1) is 0 Å². The van der Waals surface area contributed by atoms with Gasteiger partial charge in [0.1, 0.15) is 0 Å². The molecule has 0 aliphatic heterocycles. The van der Waals surface area contributed by atoms with Crippen molar-refractivity contribution in [1.82, 2.24) is 0 Å². The molecule has 0 bridgehead atoms. The highest BCUT2D eigenvalue weighted by Crippen LogP contribution is 2.41. The summed E-state index contributed by atoms with van der Waals surface area (Å²) in [5, 5.41) is 8.20. The lowest BCUT2D eigenvalue weighted by Crippen LogP contribution is -2.17. The first-order valence-electron chi connectivity index (χ1n) is 7.78. The summed E-state index contributed by atoms with van der Waals surface area (Å²) in [6.07, 6.45) is 3.48. The molecule has 0 fully saturated rings. The summed E-state index contributed by atoms with van der Waals surface area (Å²) in [6.45, 7) is 0. The Bertz CT molecular complexity index is 968. The van der Waals surface area contributed by atoms with Gasteiger partial charge in [-0.3, -0.25) is 0 Å². The maximum Gasteiger partial charge on any atom is 0.0303 e. The third-order valence-corrected chi connectivity index (χ3v) is 5.11. The zero-order valence-corrected chi connectivity index (χ0v) is 11.9. The van der Waals surface area contributed by atoms with Crippen molar-refractivity contribution in [3.63, 3.8) is 0 Å². The zero-order valence-electron chi connectivity index (χ0n) is 11.9. The van der Waals surface area contributed by atoms with Crippen LogP contribution < -0.4 is 5.73 Å². The molecule has 0 heterocycles. The summed E-state index contributed by atoms with van der Waals surface area (Å²) in [5.74, 6) is 0. The second-order valence-electron chi connectivity index (χ2n) is 6.30. The quantitative estimate of drug-likeness (QED) is 0.451. The first-order valence-corrected chi connectivity index (χ1v) is 7.78. The van der Waals surface area contributed by atoms with E-state index in [1.54, 1.807) is 0 Å². The molecule has 0 aromatic heterocycles. The van der Waals surface area contributed by atoms with E-state index in [0.29, 0.717) is 0 Å². The largest absolute Gasteiger partial charge is 0.324 e. The summed E-state index contributed by atoms with van der Waals surface area (Å²) >= 11 is 0. The van der Waals surface area contributed by atoms with Crippen LogP contribution in [0.3, 0.4) is 0 Å². The predicted octanol–water partition coefficient (Wildman–Crippen LogP) is 4.92. The Hall–Kier alpha value is -2.12. The average molecular weight is 271 g/mol. The SMILES string of the molecule is N[C@H]1CCCc2cc3ccc4cccc5ccc(c21)c3c45. The van der Waals surface area contributed by atoms with E-state index in [1.807, 2.05) is 0 Å². The third kappa shape index (κ3) is 1.44. The number of hydrogen-bond donors (Lipinski definition) is 1. The van der Waals surface area contributed by atoms with Gasteiger partial charge in [-0.15, -0.1) is 0 Å². The van der Waals surface area contributed by atoms with Crippen molar-refractivity contribution in [1.29, 1.82) is 0 Å². The van der Waals surface area contributed by atoms with Crippen LogP contribution in [0.5, 0.6) is 0 Å². The molecule has 5 rings (SSSR count). The molecule has 2 N–H and O–H groups in total. The monoisotopic (exact) mass is 271 g/mol. The van der Waals surface area contributed by atoms with Gasteiger partial charge in [-0.2, -0.15) is 0 Å². The molecule has 1 atom stereocenters. The Morgan fingerprint density at radius 3 is 2.48 bits per heavy atom. The maximum atomic E-state index is 6.44. The molecular weight excluding hydrogens is 254 g/mol. The highest BCUT2D eigenvalue weighted by Gasteiger charge is 2.21. The van der Waals surface area contributed by atoms with Gasteiger partial charge >= 0.3 is 0 Å². The molecule has 0 spiro atoms. The Balaban J connectivity index is 2.08. The Morgan fingerprint density at radius 1 is 0.857 bits per heavy atom. The van der Waals surface area contributed by atoms with Gasteiger partial charge in [-0.05, 0) is 62.7 Å². The summed E-state index contributed by atoms with van der Waals surface area (Å²) in [6, 6.07) is 18.2. The van der Waals surface area contributed by atoms with Crippen LogP contribution in [0.2, 0.25) is 0 Å². The molecule has 4 aromatic carbocycles. The van der Waals surface area contributed by atoms with Crippen LogP contribution >= 0.6 is 0 Å². The van der Waals surface area contributed by atoms with Crippen LogP contribution in [0.15, 0.2) is 48.5 Å². The minimum atomic E-state index is 0.193. The topological polar surface area (TPSA) is 26.0 Å². The minimum absolute atomic E-state index is 0.193. The van der Waals surface area contributed by atoms with E-state index in [0.717, 1.165) is 6.42 Å². The molecule has 1 aliphatic rings. The van der Waals surface area contributed by atoms with E-state index < -0.39 is 0 Å². The van der Waals surface area contributed by atoms with E-state index in [9.17, 15) is 0 Å². The van der Waals surface area contributed by atoms with Crippen LogP contribution in [0.4, 0.5) is 0 Å². The molecule has 1 aliphatic carbocycles. The summed E-state index contributed by atoms with van der Waals surface area (Å²) < 4.78 is 0. The first kappa shape index (κ1) is 11.5. The van der Waals surface area contributed by atoms with E-state index in [2.05, 4.69) is 48.5 Å². The third-order valence-electron chi connectivity index (χ3n) is 5.11. The molecule has 21 heavy (non-hydrogen) atoms. The van der Waals surface area contributed by atoms with Crippen molar-refractivity contribution in [2.45, 2.75) is 25.3 Å². The molecular formula is C20H17N. The highest BCUT2D eigenvalue weighted by molar-refractivity contribution is 6.23. The number of fused-ring (bicyclic) bond motifs is 2. The lowest BCUT2D eigenvalue weighted by atomic mass is 9.81. The second kappa shape index (κ2) is 3.96. The number of benzene rings is 4. The number of nitrogens with two attached hydrogens (primary N) is 1. The van der Waals surface area contributed by atoms with Crippen LogP contribution in [0.1, 0.15) is 30.0 Å². The Morgan fingerprint density at radius 2 is 1.62 bits per heavy atom. The minimum Gasteiger partial charge on any atom is -0.324 e. The van der Waals surface area contributed by atoms with Crippen LogP contribution in [-0.4, -0.2) is 0 Å². The fourth-order valence-corrected chi connectivity index (χ4v) is 4.19. The predicted molar refractivity (Wildman–Crippen MR) is 90.0 cm³/mol. The first-order chi connectivity index (χ1) is 10.3. The van der Waals surface area contributed by atoms with Crippen molar-refractivity contribution in [3.8, 4) is 0 Å². The van der Waals surface area contributed by atoms with Crippen molar-refractivity contribution < 1.29 is 0 Å².